The number of aliphatic carboxylic acids is 1. The third-order valence-electron chi connectivity index (χ3n) is 3.23. The van der Waals surface area contributed by atoms with Gasteiger partial charge in [0.25, 0.3) is 0 Å². The number of anilines is 2. The average Bonchev–Trinajstić information content (AvgIpc) is 2.47. The number of carbonyl (C=O) groups is 1. The summed E-state index contributed by atoms with van der Waals surface area (Å²) in [5.74, 6) is -0.865. The van der Waals surface area contributed by atoms with Crippen molar-refractivity contribution in [2.75, 3.05) is 11.4 Å². The van der Waals surface area contributed by atoms with E-state index in [1.165, 1.54) is 0 Å². The van der Waals surface area contributed by atoms with Gasteiger partial charge in [0, 0.05) is 11.4 Å². The first kappa shape index (κ1) is 11.5. The van der Waals surface area contributed by atoms with E-state index in [0.29, 0.717) is 12.1 Å². The molecule has 3 heteroatoms. The highest BCUT2D eigenvalue weighted by Gasteiger charge is 2.22. The lowest BCUT2D eigenvalue weighted by atomic mass is 10.0. The molecule has 0 aromatic heterocycles. The number of carboxylic acid groups (broad SMARTS) is 1. The topological polar surface area (TPSA) is 40.5 Å². The fraction of sp³-hybridized carbons (Fsp3) is 0.0625. The van der Waals surface area contributed by atoms with Crippen LogP contribution in [0.4, 0.5) is 11.4 Å². The van der Waals surface area contributed by atoms with Crippen molar-refractivity contribution in [1.29, 1.82) is 0 Å². The van der Waals surface area contributed by atoms with E-state index in [0.717, 1.165) is 16.9 Å². The van der Waals surface area contributed by atoms with Crippen LogP contribution in [-0.4, -0.2) is 17.6 Å². The van der Waals surface area contributed by atoms with Gasteiger partial charge in [-0.2, -0.15) is 0 Å². The van der Waals surface area contributed by atoms with Gasteiger partial charge < -0.3 is 10.0 Å². The van der Waals surface area contributed by atoms with Gasteiger partial charge in [0.15, 0.2) is 0 Å². The molecule has 0 fully saturated rings. The van der Waals surface area contributed by atoms with E-state index in [2.05, 4.69) is 0 Å². The zero-order valence-electron chi connectivity index (χ0n) is 10.3. The Morgan fingerprint density at radius 2 is 1.68 bits per heavy atom. The van der Waals surface area contributed by atoms with Crippen LogP contribution in [0.3, 0.4) is 0 Å². The summed E-state index contributed by atoms with van der Waals surface area (Å²) in [4.78, 5) is 13.3. The van der Waals surface area contributed by atoms with Crippen LogP contribution in [-0.2, 0) is 4.79 Å². The molecular weight excluding hydrogens is 238 g/mol. The second-order valence-electron chi connectivity index (χ2n) is 4.46. The molecule has 2 aromatic rings. The van der Waals surface area contributed by atoms with Gasteiger partial charge in [-0.1, -0.05) is 36.4 Å². The van der Waals surface area contributed by atoms with Gasteiger partial charge in [-0.15, -0.1) is 0 Å². The molecule has 0 saturated heterocycles. The normalized spacial score (nSPS) is 13.7. The molecule has 1 aliphatic heterocycles. The third-order valence-corrected chi connectivity index (χ3v) is 3.23. The maximum atomic E-state index is 11.2. The first-order valence-corrected chi connectivity index (χ1v) is 6.11. The molecule has 19 heavy (non-hydrogen) atoms. The number of para-hydroxylation sites is 2. The Morgan fingerprint density at radius 1 is 1.00 bits per heavy atom. The third kappa shape index (κ3) is 2.10. The van der Waals surface area contributed by atoms with Crippen LogP contribution < -0.4 is 4.90 Å². The van der Waals surface area contributed by atoms with Crippen LogP contribution in [0.1, 0.15) is 5.56 Å². The molecule has 1 N–H and O–H groups in total. The van der Waals surface area contributed by atoms with Gasteiger partial charge in [-0.25, -0.2) is 4.79 Å². The first-order valence-electron chi connectivity index (χ1n) is 6.11. The van der Waals surface area contributed by atoms with Gasteiger partial charge in [-0.3, -0.25) is 0 Å². The van der Waals surface area contributed by atoms with E-state index in [1.54, 1.807) is 6.08 Å². The minimum atomic E-state index is -0.865. The minimum Gasteiger partial charge on any atom is -0.478 e. The van der Waals surface area contributed by atoms with Crippen molar-refractivity contribution in [1.82, 2.24) is 0 Å². The highest BCUT2D eigenvalue weighted by molar-refractivity contribution is 5.97. The van der Waals surface area contributed by atoms with Crippen molar-refractivity contribution < 1.29 is 9.90 Å². The van der Waals surface area contributed by atoms with Crippen LogP contribution in [0, 0.1) is 0 Å². The largest absolute Gasteiger partial charge is 0.478 e. The number of carboxylic acids is 1. The van der Waals surface area contributed by atoms with Crippen molar-refractivity contribution >= 4 is 23.4 Å². The second kappa shape index (κ2) is 4.61. The summed E-state index contributed by atoms with van der Waals surface area (Å²) in [6.45, 7) is 0.385. The lowest BCUT2D eigenvalue weighted by molar-refractivity contribution is -0.132. The zero-order chi connectivity index (χ0) is 13.2. The zero-order valence-corrected chi connectivity index (χ0v) is 10.3. The number of hydrogen-bond acceptors (Lipinski definition) is 2. The Labute approximate surface area is 111 Å². The van der Waals surface area contributed by atoms with Crippen LogP contribution in [0.25, 0.3) is 6.08 Å². The van der Waals surface area contributed by atoms with E-state index in [-0.39, 0.29) is 0 Å². The Morgan fingerprint density at radius 3 is 2.42 bits per heavy atom. The summed E-state index contributed by atoms with van der Waals surface area (Å²) in [5.41, 5.74) is 3.39. The quantitative estimate of drug-likeness (QED) is 0.890. The van der Waals surface area contributed by atoms with E-state index in [1.807, 2.05) is 59.5 Å². The SMILES string of the molecule is O=C(O)C1=Cc2ccccc2N(c2ccccc2)C1. The summed E-state index contributed by atoms with van der Waals surface area (Å²) in [6, 6.07) is 17.7. The maximum absolute atomic E-state index is 11.2. The molecule has 1 heterocycles. The Bertz CT molecular complexity index is 647. The van der Waals surface area contributed by atoms with E-state index < -0.39 is 5.97 Å². The number of rotatable bonds is 2. The molecule has 3 nitrogen and oxygen atoms in total. The van der Waals surface area contributed by atoms with Crippen molar-refractivity contribution in [2.45, 2.75) is 0 Å². The summed E-state index contributed by atoms with van der Waals surface area (Å²) in [6.07, 6.45) is 1.75. The summed E-state index contributed by atoms with van der Waals surface area (Å²) >= 11 is 0. The number of fused-ring (bicyclic) bond motifs is 1. The fourth-order valence-corrected chi connectivity index (χ4v) is 2.31. The van der Waals surface area contributed by atoms with Gasteiger partial charge in [0.1, 0.15) is 0 Å². The minimum absolute atomic E-state index is 0.385. The van der Waals surface area contributed by atoms with Crippen molar-refractivity contribution in [3.63, 3.8) is 0 Å². The standard InChI is InChI=1S/C16H13NO2/c18-16(19)13-10-12-6-4-5-9-15(12)17(11-13)14-7-2-1-3-8-14/h1-10H,11H2,(H,18,19). The van der Waals surface area contributed by atoms with Gasteiger partial charge in [-0.05, 0) is 29.8 Å². The Hall–Kier alpha value is -2.55. The average molecular weight is 251 g/mol. The molecule has 94 valence electrons. The molecule has 0 radical (unpaired) electrons. The molecule has 0 bridgehead atoms. The van der Waals surface area contributed by atoms with E-state index in [9.17, 15) is 9.90 Å². The second-order valence-corrected chi connectivity index (χ2v) is 4.46. The predicted molar refractivity (Wildman–Crippen MR) is 75.5 cm³/mol. The molecule has 0 spiro atoms. The van der Waals surface area contributed by atoms with Gasteiger partial charge >= 0.3 is 5.97 Å². The fourth-order valence-electron chi connectivity index (χ4n) is 2.31. The highest BCUT2D eigenvalue weighted by atomic mass is 16.4. The van der Waals surface area contributed by atoms with E-state index in [4.69, 9.17) is 0 Å². The molecular formula is C16H13NO2. The van der Waals surface area contributed by atoms with Crippen LogP contribution in [0.15, 0.2) is 60.2 Å². The Kier molecular flexibility index (Phi) is 2.80. The van der Waals surface area contributed by atoms with Crippen molar-refractivity contribution in [3.05, 3.63) is 65.7 Å². The van der Waals surface area contributed by atoms with Crippen LogP contribution in [0.2, 0.25) is 0 Å². The van der Waals surface area contributed by atoms with Crippen molar-refractivity contribution in [2.24, 2.45) is 0 Å². The van der Waals surface area contributed by atoms with Gasteiger partial charge in [0.05, 0.1) is 12.1 Å². The molecule has 3 rings (SSSR count). The van der Waals surface area contributed by atoms with E-state index >= 15 is 0 Å². The molecule has 0 atom stereocenters. The van der Waals surface area contributed by atoms with Crippen LogP contribution in [0.5, 0.6) is 0 Å². The molecule has 1 aliphatic rings. The molecule has 0 amide bonds. The maximum Gasteiger partial charge on any atom is 0.333 e. The highest BCUT2D eigenvalue weighted by Crippen LogP contribution is 2.34. The molecule has 2 aromatic carbocycles. The summed E-state index contributed by atoms with van der Waals surface area (Å²) in [5, 5.41) is 9.23. The smallest absolute Gasteiger partial charge is 0.333 e. The van der Waals surface area contributed by atoms with Gasteiger partial charge in [0.2, 0.25) is 0 Å². The van der Waals surface area contributed by atoms with Crippen LogP contribution >= 0.6 is 0 Å². The molecule has 0 aliphatic carbocycles. The lowest BCUT2D eigenvalue weighted by Crippen LogP contribution is -2.26. The first-order chi connectivity index (χ1) is 9.25. The molecule has 0 saturated carbocycles. The number of benzene rings is 2. The number of hydrogen-bond donors (Lipinski definition) is 1. The molecule has 0 unspecified atom stereocenters. The number of nitrogens with zero attached hydrogens (tertiary/aromatic N) is 1. The lowest BCUT2D eigenvalue weighted by Gasteiger charge is -2.30. The monoisotopic (exact) mass is 251 g/mol. The summed E-state index contributed by atoms with van der Waals surface area (Å²) in [7, 11) is 0. The predicted octanol–water partition coefficient (Wildman–Crippen LogP) is 3.31. The van der Waals surface area contributed by atoms with Crippen molar-refractivity contribution in [3.8, 4) is 0 Å². The Balaban J connectivity index is 2.12. The summed E-state index contributed by atoms with van der Waals surface area (Å²) < 4.78 is 0.